The molecule has 3 nitrogen and oxygen atoms in total. The van der Waals surface area contributed by atoms with E-state index in [1.165, 1.54) is 5.56 Å². The maximum Gasteiger partial charge on any atom is 0.230 e. The summed E-state index contributed by atoms with van der Waals surface area (Å²) in [4.78, 5) is 15.0. The van der Waals surface area contributed by atoms with Gasteiger partial charge >= 0.3 is 0 Å². The van der Waals surface area contributed by atoms with Crippen molar-refractivity contribution in [1.29, 1.82) is 0 Å². The minimum absolute atomic E-state index is 0.0782. The number of amides is 1. The van der Waals surface area contributed by atoms with E-state index in [4.69, 9.17) is 0 Å². The molecule has 2 rings (SSSR count). The zero-order valence-corrected chi connectivity index (χ0v) is 14.3. The van der Waals surface area contributed by atoms with Crippen molar-refractivity contribution in [1.82, 2.24) is 10.2 Å². The van der Waals surface area contributed by atoms with Crippen molar-refractivity contribution in [2.24, 2.45) is 0 Å². The van der Waals surface area contributed by atoms with Gasteiger partial charge in [0.05, 0.1) is 5.41 Å². The van der Waals surface area contributed by atoms with Gasteiger partial charge in [0.1, 0.15) is 0 Å². The van der Waals surface area contributed by atoms with Crippen LogP contribution in [0.5, 0.6) is 0 Å². The Morgan fingerprint density at radius 1 is 1.00 bits per heavy atom. The fraction of sp³-hybridized carbons (Fsp3) is 0.350. The maximum atomic E-state index is 12.9. The highest BCUT2D eigenvalue weighted by Crippen LogP contribution is 2.28. The fourth-order valence-corrected chi connectivity index (χ4v) is 2.71. The SMILES string of the molecule is CN(C)CCNC(=O)C(C)(Cc1ccccc1)c1ccccc1. The Labute approximate surface area is 139 Å². The third kappa shape index (κ3) is 4.67. The van der Waals surface area contributed by atoms with Crippen LogP contribution in [0.3, 0.4) is 0 Å². The second kappa shape index (κ2) is 7.93. The molecule has 122 valence electrons. The van der Waals surface area contributed by atoms with Crippen molar-refractivity contribution < 1.29 is 4.79 Å². The van der Waals surface area contributed by atoms with Gasteiger partial charge in [-0.15, -0.1) is 0 Å². The number of carbonyl (C=O) groups is 1. The van der Waals surface area contributed by atoms with Crippen molar-refractivity contribution in [2.45, 2.75) is 18.8 Å². The van der Waals surface area contributed by atoms with Crippen LogP contribution in [-0.2, 0) is 16.6 Å². The summed E-state index contributed by atoms with van der Waals surface area (Å²) in [7, 11) is 4.01. The van der Waals surface area contributed by atoms with E-state index < -0.39 is 5.41 Å². The van der Waals surface area contributed by atoms with Gasteiger partial charge in [0.25, 0.3) is 0 Å². The van der Waals surface area contributed by atoms with Gasteiger partial charge in [0, 0.05) is 13.1 Å². The Balaban J connectivity index is 2.22. The third-order valence-corrected chi connectivity index (χ3v) is 4.16. The standard InChI is InChI=1S/C20H26N2O/c1-20(18-12-8-5-9-13-18,16-17-10-6-4-7-11-17)19(23)21-14-15-22(2)3/h4-13H,14-16H2,1-3H3,(H,21,23). The summed E-state index contributed by atoms with van der Waals surface area (Å²) in [6, 6.07) is 20.2. The molecule has 1 amide bonds. The zero-order valence-electron chi connectivity index (χ0n) is 14.3. The van der Waals surface area contributed by atoms with E-state index in [9.17, 15) is 4.79 Å². The molecular formula is C20H26N2O. The average Bonchev–Trinajstić information content (AvgIpc) is 2.56. The van der Waals surface area contributed by atoms with Crippen LogP contribution in [0.15, 0.2) is 60.7 Å². The smallest absolute Gasteiger partial charge is 0.230 e. The fourth-order valence-electron chi connectivity index (χ4n) is 2.71. The number of hydrogen-bond acceptors (Lipinski definition) is 2. The van der Waals surface area contributed by atoms with Crippen molar-refractivity contribution in [3.05, 3.63) is 71.8 Å². The van der Waals surface area contributed by atoms with Gasteiger partial charge in [-0.05, 0) is 38.6 Å². The Morgan fingerprint density at radius 3 is 2.13 bits per heavy atom. The molecule has 23 heavy (non-hydrogen) atoms. The topological polar surface area (TPSA) is 32.3 Å². The van der Waals surface area contributed by atoms with Crippen molar-refractivity contribution in [3.63, 3.8) is 0 Å². The summed E-state index contributed by atoms with van der Waals surface area (Å²) in [6.45, 7) is 3.52. The number of carbonyl (C=O) groups excluding carboxylic acids is 1. The number of nitrogens with zero attached hydrogens (tertiary/aromatic N) is 1. The minimum atomic E-state index is -0.574. The molecule has 0 aliphatic carbocycles. The molecule has 1 atom stereocenters. The highest BCUT2D eigenvalue weighted by Gasteiger charge is 2.35. The van der Waals surface area contributed by atoms with Crippen LogP contribution in [0.2, 0.25) is 0 Å². The highest BCUT2D eigenvalue weighted by atomic mass is 16.2. The quantitative estimate of drug-likeness (QED) is 0.853. The first-order chi connectivity index (χ1) is 11.0. The zero-order chi connectivity index (χ0) is 16.7. The second-order valence-electron chi connectivity index (χ2n) is 6.42. The summed E-state index contributed by atoms with van der Waals surface area (Å²) in [5, 5.41) is 3.09. The number of nitrogens with one attached hydrogen (secondary N) is 1. The predicted octanol–water partition coefficient (Wildman–Crippen LogP) is 2.86. The van der Waals surface area contributed by atoms with Crippen LogP contribution in [0.25, 0.3) is 0 Å². The largest absolute Gasteiger partial charge is 0.354 e. The summed E-state index contributed by atoms with van der Waals surface area (Å²) in [5.74, 6) is 0.0782. The van der Waals surface area contributed by atoms with E-state index in [1.54, 1.807) is 0 Å². The van der Waals surface area contributed by atoms with Gasteiger partial charge in [0.2, 0.25) is 5.91 Å². The molecule has 1 unspecified atom stereocenters. The minimum Gasteiger partial charge on any atom is -0.354 e. The van der Waals surface area contributed by atoms with Crippen LogP contribution in [-0.4, -0.2) is 38.0 Å². The van der Waals surface area contributed by atoms with Crippen LogP contribution in [0, 0.1) is 0 Å². The van der Waals surface area contributed by atoms with E-state index in [0.717, 1.165) is 12.1 Å². The first kappa shape index (κ1) is 17.2. The molecule has 2 aromatic carbocycles. The number of likely N-dealkylation sites (N-methyl/N-ethyl adjacent to an activating group) is 1. The number of rotatable bonds is 7. The summed E-state index contributed by atoms with van der Waals surface area (Å²) in [5.41, 5.74) is 1.64. The van der Waals surface area contributed by atoms with Gasteiger partial charge in [-0.25, -0.2) is 0 Å². The third-order valence-electron chi connectivity index (χ3n) is 4.16. The van der Waals surface area contributed by atoms with E-state index in [-0.39, 0.29) is 5.91 Å². The molecule has 0 spiro atoms. The van der Waals surface area contributed by atoms with E-state index in [0.29, 0.717) is 13.0 Å². The van der Waals surface area contributed by atoms with Crippen molar-refractivity contribution in [2.75, 3.05) is 27.2 Å². The van der Waals surface area contributed by atoms with Gasteiger partial charge in [-0.1, -0.05) is 60.7 Å². The predicted molar refractivity (Wildman–Crippen MR) is 95.5 cm³/mol. The Kier molecular flexibility index (Phi) is 5.94. The molecule has 0 aliphatic rings. The average molecular weight is 310 g/mol. The number of benzene rings is 2. The lowest BCUT2D eigenvalue weighted by molar-refractivity contribution is -0.126. The van der Waals surface area contributed by atoms with Gasteiger partial charge in [-0.3, -0.25) is 4.79 Å². The molecule has 0 saturated carbocycles. The highest BCUT2D eigenvalue weighted by molar-refractivity contribution is 5.88. The molecule has 0 bridgehead atoms. The molecular weight excluding hydrogens is 284 g/mol. The molecule has 0 aromatic heterocycles. The van der Waals surface area contributed by atoms with Crippen molar-refractivity contribution in [3.8, 4) is 0 Å². The molecule has 2 aromatic rings. The molecule has 0 saturated heterocycles. The van der Waals surface area contributed by atoms with Crippen LogP contribution >= 0.6 is 0 Å². The normalized spacial score (nSPS) is 13.6. The van der Waals surface area contributed by atoms with Crippen LogP contribution in [0.1, 0.15) is 18.1 Å². The Bertz CT molecular complexity index is 610. The molecule has 1 N–H and O–H groups in total. The molecule has 0 aliphatic heterocycles. The Morgan fingerprint density at radius 2 is 1.57 bits per heavy atom. The first-order valence-electron chi connectivity index (χ1n) is 8.05. The van der Waals surface area contributed by atoms with Gasteiger partial charge in [0.15, 0.2) is 0 Å². The molecule has 3 heteroatoms. The lowest BCUT2D eigenvalue weighted by Gasteiger charge is -2.29. The number of hydrogen-bond donors (Lipinski definition) is 1. The van der Waals surface area contributed by atoms with Gasteiger partial charge in [-0.2, -0.15) is 0 Å². The Hall–Kier alpha value is -2.13. The summed E-state index contributed by atoms with van der Waals surface area (Å²) < 4.78 is 0. The summed E-state index contributed by atoms with van der Waals surface area (Å²) in [6.07, 6.45) is 0.686. The molecule has 0 radical (unpaired) electrons. The monoisotopic (exact) mass is 310 g/mol. The van der Waals surface area contributed by atoms with E-state index in [1.807, 2.05) is 69.6 Å². The molecule has 0 heterocycles. The first-order valence-corrected chi connectivity index (χ1v) is 8.05. The van der Waals surface area contributed by atoms with Gasteiger partial charge < -0.3 is 10.2 Å². The lowest BCUT2D eigenvalue weighted by Crippen LogP contribution is -2.45. The van der Waals surface area contributed by atoms with E-state index in [2.05, 4.69) is 22.3 Å². The lowest BCUT2D eigenvalue weighted by atomic mass is 9.76. The van der Waals surface area contributed by atoms with Crippen LogP contribution < -0.4 is 5.32 Å². The summed E-state index contributed by atoms with van der Waals surface area (Å²) >= 11 is 0. The van der Waals surface area contributed by atoms with Crippen LogP contribution in [0.4, 0.5) is 0 Å². The molecule has 0 fully saturated rings. The van der Waals surface area contributed by atoms with Crippen molar-refractivity contribution >= 4 is 5.91 Å². The second-order valence-corrected chi connectivity index (χ2v) is 6.42. The maximum absolute atomic E-state index is 12.9. The van der Waals surface area contributed by atoms with E-state index >= 15 is 0 Å².